The van der Waals surface area contributed by atoms with Crippen LogP contribution in [0.5, 0.6) is 0 Å². The summed E-state index contributed by atoms with van der Waals surface area (Å²) in [6.07, 6.45) is 4.47. The molecule has 0 spiro atoms. The fourth-order valence-electron chi connectivity index (χ4n) is 2.75. The Hall–Kier alpha value is -2.96. The van der Waals surface area contributed by atoms with Crippen molar-refractivity contribution in [2.45, 2.75) is 19.3 Å². The topological polar surface area (TPSA) is 66.6 Å². The molecule has 7 heteroatoms. The molecule has 0 aliphatic carbocycles. The minimum absolute atomic E-state index is 0.203. The van der Waals surface area contributed by atoms with Gasteiger partial charge in [0, 0.05) is 32.8 Å². The zero-order chi connectivity index (χ0) is 18.2. The van der Waals surface area contributed by atoms with Crippen LogP contribution in [0.4, 0.5) is 4.39 Å². The van der Waals surface area contributed by atoms with Gasteiger partial charge in [-0.05, 0) is 42.7 Å². The Morgan fingerprint density at radius 3 is 2.81 bits per heavy atom. The first kappa shape index (κ1) is 17.8. The molecule has 0 unspecified atom stereocenters. The molecule has 0 radical (unpaired) electrons. The number of aromatic nitrogens is 3. The van der Waals surface area contributed by atoms with Gasteiger partial charge in [0.1, 0.15) is 11.6 Å². The normalized spacial score (nSPS) is 11.7. The van der Waals surface area contributed by atoms with E-state index in [9.17, 15) is 4.39 Å². The number of hydrogen-bond acceptors (Lipinski definition) is 3. The van der Waals surface area contributed by atoms with Crippen molar-refractivity contribution in [1.29, 1.82) is 0 Å². The van der Waals surface area contributed by atoms with E-state index in [4.69, 9.17) is 0 Å². The van der Waals surface area contributed by atoms with Crippen molar-refractivity contribution in [3.63, 3.8) is 0 Å². The van der Waals surface area contributed by atoms with Crippen LogP contribution in [-0.2, 0) is 12.8 Å². The average molecular weight is 354 g/mol. The van der Waals surface area contributed by atoms with E-state index < -0.39 is 0 Å². The summed E-state index contributed by atoms with van der Waals surface area (Å²) in [5.74, 6) is 1.50. The lowest BCUT2D eigenvalue weighted by atomic mass is 10.1. The van der Waals surface area contributed by atoms with Gasteiger partial charge in [0.05, 0.1) is 0 Å². The smallest absolute Gasteiger partial charge is 0.190 e. The fourth-order valence-corrected chi connectivity index (χ4v) is 2.75. The van der Waals surface area contributed by atoms with Crippen LogP contribution < -0.4 is 10.6 Å². The number of hydrogen-bond donors (Lipinski definition) is 2. The van der Waals surface area contributed by atoms with Gasteiger partial charge in [-0.1, -0.05) is 18.2 Å². The van der Waals surface area contributed by atoms with Crippen molar-refractivity contribution in [3.8, 4) is 0 Å². The molecule has 0 atom stereocenters. The number of aliphatic imine (C=N–C) groups is 1. The lowest BCUT2D eigenvalue weighted by molar-refractivity contribution is 0.625. The van der Waals surface area contributed by atoms with Gasteiger partial charge in [0.25, 0.3) is 0 Å². The van der Waals surface area contributed by atoms with Crippen LogP contribution in [0.1, 0.15) is 17.8 Å². The predicted molar refractivity (Wildman–Crippen MR) is 101 cm³/mol. The van der Waals surface area contributed by atoms with Crippen LogP contribution in [0, 0.1) is 5.82 Å². The van der Waals surface area contributed by atoms with E-state index in [1.54, 1.807) is 19.2 Å². The minimum Gasteiger partial charge on any atom is -0.356 e. The van der Waals surface area contributed by atoms with Gasteiger partial charge in [-0.2, -0.15) is 0 Å². The van der Waals surface area contributed by atoms with Crippen molar-refractivity contribution in [3.05, 3.63) is 65.9 Å². The summed E-state index contributed by atoms with van der Waals surface area (Å²) < 4.78 is 15.2. The first-order valence-electron chi connectivity index (χ1n) is 8.74. The average Bonchev–Trinajstić information content (AvgIpc) is 3.07. The van der Waals surface area contributed by atoms with E-state index in [1.165, 1.54) is 6.07 Å². The lowest BCUT2D eigenvalue weighted by Crippen LogP contribution is -2.38. The van der Waals surface area contributed by atoms with Crippen LogP contribution in [0.15, 0.2) is 53.7 Å². The van der Waals surface area contributed by atoms with Crippen molar-refractivity contribution >= 4 is 11.6 Å². The molecular weight excluding hydrogens is 331 g/mol. The maximum Gasteiger partial charge on any atom is 0.190 e. The molecule has 0 saturated carbocycles. The Labute approximate surface area is 152 Å². The number of aryl methyl sites for hydroxylation is 1. The van der Waals surface area contributed by atoms with Crippen LogP contribution in [0.3, 0.4) is 0 Å². The second-order valence-electron chi connectivity index (χ2n) is 5.95. The molecule has 2 aromatic heterocycles. The Morgan fingerprint density at radius 1 is 1.08 bits per heavy atom. The minimum atomic E-state index is -0.203. The molecule has 0 aliphatic rings. The van der Waals surface area contributed by atoms with E-state index in [2.05, 4.69) is 25.8 Å². The van der Waals surface area contributed by atoms with Crippen LogP contribution in [-0.4, -0.2) is 40.7 Å². The third kappa shape index (κ3) is 4.78. The third-order valence-electron chi connectivity index (χ3n) is 4.07. The summed E-state index contributed by atoms with van der Waals surface area (Å²) in [4.78, 5) is 4.21. The maximum absolute atomic E-state index is 13.2. The second kappa shape index (κ2) is 8.94. The molecule has 2 heterocycles. The van der Waals surface area contributed by atoms with E-state index in [1.807, 2.05) is 34.9 Å². The molecule has 3 rings (SSSR count). The number of nitrogens with one attached hydrogen (secondary N) is 2. The summed E-state index contributed by atoms with van der Waals surface area (Å²) in [7, 11) is 1.74. The molecule has 0 amide bonds. The Kier molecular flexibility index (Phi) is 6.14. The number of halogens is 1. The van der Waals surface area contributed by atoms with Gasteiger partial charge in [0.2, 0.25) is 0 Å². The molecule has 26 heavy (non-hydrogen) atoms. The Bertz CT molecular complexity index is 873. The van der Waals surface area contributed by atoms with E-state index in [0.717, 1.165) is 48.8 Å². The quantitative estimate of drug-likeness (QED) is 0.388. The molecule has 0 fully saturated rings. The first-order valence-corrected chi connectivity index (χ1v) is 8.74. The van der Waals surface area contributed by atoms with Crippen molar-refractivity contribution in [1.82, 2.24) is 25.2 Å². The molecule has 2 N–H and O–H groups in total. The first-order chi connectivity index (χ1) is 12.8. The van der Waals surface area contributed by atoms with E-state index in [0.29, 0.717) is 6.54 Å². The molecular formula is C19H23FN6. The molecule has 3 aromatic rings. The highest BCUT2D eigenvalue weighted by Crippen LogP contribution is 2.05. The molecule has 0 bridgehead atoms. The van der Waals surface area contributed by atoms with Gasteiger partial charge < -0.3 is 10.6 Å². The summed E-state index contributed by atoms with van der Waals surface area (Å²) in [6, 6.07) is 12.5. The molecule has 6 nitrogen and oxygen atoms in total. The number of fused-ring (bicyclic) bond motifs is 1. The number of guanidine groups is 1. The monoisotopic (exact) mass is 354 g/mol. The molecule has 1 aromatic carbocycles. The maximum atomic E-state index is 13.2. The summed E-state index contributed by atoms with van der Waals surface area (Å²) in [6.45, 7) is 1.47. The lowest BCUT2D eigenvalue weighted by Gasteiger charge is -2.11. The number of benzene rings is 1. The third-order valence-corrected chi connectivity index (χ3v) is 4.07. The van der Waals surface area contributed by atoms with Crippen LogP contribution in [0.25, 0.3) is 5.65 Å². The fraction of sp³-hybridized carbons (Fsp3) is 0.316. The number of pyridine rings is 1. The van der Waals surface area contributed by atoms with E-state index in [-0.39, 0.29) is 5.82 Å². The predicted octanol–water partition coefficient (Wildman–Crippen LogP) is 2.21. The van der Waals surface area contributed by atoms with Crippen molar-refractivity contribution < 1.29 is 4.39 Å². The summed E-state index contributed by atoms with van der Waals surface area (Å²) >= 11 is 0. The SMILES string of the molecule is CN=C(NCCCc1nnc2ccccn12)NCCc1cccc(F)c1. The van der Waals surface area contributed by atoms with Crippen LogP contribution in [0.2, 0.25) is 0 Å². The largest absolute Gasteiger partial charge is 0.356 e. The molecule has 0 saturated heterocycles. The number of nitrogens with zero attached hydrogens (tertiary/aromatic N) is 4. The Balaban J connectivity index is 1.39. The summed E-state index contributed by atoms with van der Waals surface area (Å²) in [5, 5.41) is 14.9. The highest BCUT2D eigenvalue weighted by molar-refractivity contribution is 5.79. The highest BCUT2D eigenvalue weighted by Gasteiger charge is 2.04. The van der Waals surface area contributed by atoms with Gasteiger partial charge in [0.15, 0.2) is 11.6 Å². The zero-order valence-electron chi connectivity index (χ0n) is 14.8. The van der Waals surface area contributed by atoms with Gasteiger partial charge in [-0.25, -0.2) is 4.39 Å². The zero-order valence-corrected chi connectivity index (χ0v) is 14.8. The van der Waals surface area contributed by atoms with Crippen LogP contribution >= 0.6 is 0 Å². The van der Waals surface area contributed by atoms with Gasteiger partial charge >= 0.3 is 0 Å². The summed E-state index contributed by atoms with van der Waals surface area (Å²) in [5.41, 5.74) is 1.83. The Morgan fingerprint density at radius 2 is 1.96 bits per heavy atom. The highest BCUT2D eigenvalue weighted by atomic mass is 19.1. The van der Waals surface area contributed by atoms with Crippen molar-refractivity contribution in [2.24, 2.45) is 4.99 Å². The standard InChI is InChI=1S/C19H23FN6/c1-21-19(23-12-10-15-6-4-7-16(20)14-15)22-11-5-9-18-25-24-17-8-2-3-13-26(17)18/h2-4,6-8,13-14H,5,9-12H2,1H3,(H2,21,22,23). The number of rotatable bonds is 7. The second-order valence-corrected chi connectivity index (χ2v) is 5.95. The molecule has 0 aliphatic heterocycles. The van der Waals surface area contributed by atoms with Gasteiger partial charge in [-0.15, -0.1) is 10.2 Å². The van der Waals surface area contributed by atoms with E-state index >= 15 is 0 Å². The van der Waals surface area contributed by atoms with Gasteiger partial charge in [-0.3, -0.25) is 9.39 Å². The molecule has 136 valence electrons. The van der Waals surface area contributed by atoms with Crippen molar-refractivity contribution in [2.75, 3.05) is 20.1 Å².